The van der Waals surface area contributed by atoms with Crippen molar-refractivity contribution < 1.29 is 27.2 Å². The molecule has 0 spiro atoms. The van der Waals surface area contributed by atoms with Gasteiger partial charge in [0.15, 0.2) is 6.61 Å². The molecule has 0 aliphatic heterocycles. The van der Waals surface area contributed by atoms with Crippen LogP contribution in [0.5, 0.6) is 5.75 Å². The van der Waals surface area contributed by atoms with Gasteiger partial charge in [0.1, 0.15) is 10.6 Å². The second kappa shape index (κ2) is 8.19. The summed E-state index contributed by atoms with van der Waals surface area (Å²) < 4.78 is 41.6. The minimum absolute atomic E-state index is 0.0393. The van der Waals surface area contributed by atoms with Crippen LogP contribution in [0.2, 0.25) is 0 Å². The van der Waals surface area contributed by atoms with Crippen LogP contribution in [0, 0.1) is 0 Å². The van der Waals surface area contributed by atoms with Gasteiger partial charge in [-0.2, -0.15) is 4.98 Å². The molecular formula is C18H17N3O6S. The molecule has 28 heavy (non-hydrogen) atoms. The minimum atomic E-state index is -3.82. The van der Waals surface area contributed by atoms with Crippen molar-refractivity contribution in [3.8, 4) is 17.1 Å². The molecule has 1 heterocycles. The van der Waals surface area contributed by atoms with Gasteiger partial charge in [-0.15, -0.1) is 0 Å². The summed E-state index contributed by atoms with van der Waals surface area (Å²) in [7, 11) is -1.22. The van der Waals surface area contributed by atoms with Crippen LogP contribution in [0.1, 0.15) is 16.2 Å². The summed E-state index contributed by atoms with van der Waals surface area (Å²) >= 11 is 0. The van der Waals surface area contributed by atoms with Gasteiger partial charge in [0.05, 0.1) is 12.7 Å². The van der Waals surface area contributed by atoms with Crippen LogP contribution >= 0.6 is 0 Å². The number of ether oxygens (including phenoxy) is 2. The summed E-state index contributed by atoms with van der Waals surface area (Å²) in [6, 6.07) is 13.1. The molecule has 0 fully saturated rings. The van der Waals surface area contributed by atoms with Crippen molar-refractivity contribution in [1.82, 2.24) is 14.9 Å². The summed E-state index contributed by atoms with van der Waals surface area (Å²) in [5.41, 5.74) is 0.804. The van der Waals surface area contributed by atoms with Crippen molar-refractivity contribution in [2.45, 2.75) is 11.5 Å². The lowest BCUT2D eigenvalue weighted by molar-refractivity contribution is 0.0429. The van der Waals surface area contributed by atoms with Crippen molar-refractivity contribution >= 4 is 16.0 Å². The first-order chi connectivity index (χ1) is 13.4. The molecule has 0 aliphatic carbocycles. The Morgan fingerprint density at radius 3 is 2.61 bits per heavy atom. The third kappa shape index (κ3) is 4.18. The first kappa shape index (κ1) is 19.5. The molecule has 146 valence electrons. The van der Waals surface area contributed by atoms with Gasteiger partial charge in [0.2, 0.25) is 15.8 Å². The molecule has 1 aromatic heterocycles. The maximum atomic E-state index is 12.3. The second-order valence-electron chi connectivity index (χ2n) is 5.53. The number of nitrogens with zero attached hydrogens (tertiary/aromatic N) is 2. The Bertz CT molecular complexity index is 1080. The van der Waals surface area contributed by atoms with E-state index in [0.29, 0.717) is 5.82 Å². The van der Waals surface area contributed by atoms with Crippen molar-refractivity contribution in [3.63, 3.8) is 0 Å². The number of benzene rings is 2. The monoisotopic (exact) mass is 403 g/mol. The van der Waals surface area contributed by atoms with E-state index in [1.165, 1.54) is 32.4 Å². The molecule has 1 N–H and O–H groups in total. The number of carbonyl (C=O) groups excluding carboxylic acids is 1. The Kier molecular flexibility index (Phi) is 5.71. The van der Waals surface area contributed by atoms with E-state index in [0.717, 1.165) is 5.56 Å². The van der Waals surface area contributed by atoms with Crippen molar-refractivity contribution in [2.75, 3.05) is 14.2 Å². The van der Waals surface area contributed by atoms with Crippen LogP contribution in [0.15, 0.2) is 57.9 Å². The zero-order chi connectivity index (χ0) is 20.1. The van der Waals surface area contributed by atoms with Gasteiger partial charge < -0.3 is 14.0 Å². The van der Waals surface area contributed by atoms with Gasteiger partial charge in [0, 0.05) is 5.56 Å². The number of methoxy groups -OCH3 is 1. The number of hydrogen-bond acceptors (Lipinski definition) is 8. The molecule has 0 bridgehead atoms. The molecule has 0 aliphatic rings. The van der Waals surface area contributed by atoms with Gasteiger partial charge in [0.25, 0.3) is 5.89 Å². The zero-order valence-corrected chi connectivity index (χ0v) is 15.9. The molecule has 9 nitrogen and oxygen atoms in total. The molecule has 10 heteroatoms. The summed E-state index contributed by atoms with van der Waals surface area (Å²) in [6.45, 7) is -0.251. The highest BCUT2D eigenvalue weighted by Gasteiger charge is 2.21. The molecule has 0 amide bonds. The van der Waals surface area contributed by atoms with Gasteiger partial charge in [-0.3, -0.25) is 0 Å². The predicted octanol–water partition coefficient (Wildman–Crippen LogP) is 2.01. The standard InChI is InChI=1S/C18H17N3O6S/c1-19-28(23,24)15-10-13(8-9-14(15)25-2)18(22)26-11-16-20-17(21-27-16)12-6-4-3-5-7-12/h3-10,19H,11H2,1-2H3. The topological polar surface area (TPSA) is 121 Å². The molecule has 0 saturated carbocycles. The number of carbonyl (C=O) groups is 1. The smallest absolute Gasteiger partial charge is 0.338 e. The number of esters is 1. The first-order valence-corrected chi connectivity index (χ1v) is 9.59. The van der Waals surface area contributed by atoms with Gasteiger partial charge in [-0.05, 0) is 25.2 Å². The molecule has 3 rings (SSSR count). The SMILES string of the molecule is CNS(=O)(=O)c1cc(C(=O)OCc2nc(-c3ccccc3)no2)ccc1OC. The quantitative estimate of drug-likeness (QED) is 0.595. The molecule has 2 aromatic carbocycles. The van der Waals surface area contributed by atoms with Crippen molar-refractivity contribution in [3.05, 3.63) is 60.0 Å². The maximum absolute atomic E-state index is 12.3. The highest BCUT2D eigenvalue weighted by atomic mass is 32.2. The zero-order valence-electron chi connectivity index (χ0n) is 15.1. The van der Waals surface area contributed by atoms with Gasteiger partial charge in [-0.1, -0.05) is 35.5 Å². The fourth-order valence-electron chi connectivity index (χ4n) is 2.35. The van der Waals surface area contributed by atoms with E-state index < -0.39 is 16.0 Å². The Balaban J connectivity index is 1.74. The molecule has 0 unspecified atom stereocenters. The number of hydrogen-bond donors (Lipinski definition) is 1. The van der Waals surface area contributed by atoms with Gasteiger partial charge in [-0.25, -0.2) is 17.9 Å². The summed E-state index contributed by atoms with van der Waals surface area (Å²) in [5, 5.41) is 3.84. The third-order valence-electron chi connectivity index (χ3n) is 3.78. The third-order valence-corrected chi connectivity index (χ3v) is 5.22. The van der Waals surface area contributed by atoms with Crippen molar-refractivity contribution in [1.29, 1.82) is 0 Å². The Morgan fingerprint density at radius 2 is 1.93 bits per heavy atom. The van der Waals surface area contributed by atoms with E-state index in [4.69, 9.17) is 14.0 Å². The molecular weight excluding hydrogens is 386 g/mol. The molecule has 0 saturated heterocycles. The summed E-state index contributed by atoms with van der Waals surface area (Å²) in [4.78, 5) is 16.3. The average Bonchev–Trinajstić information content (AvgIpc) is 3.21. The Hall–Kier alpha value is -3.24. The normalized spacial score (nSPS) is 11.2. The summed E-state index contributed by atoms with van der Waals surface area (Å²) in [6.07, 6.45) is 0. The fourth-order valence-corrected chi connectivity index (χ4v) is 3.27. The van der Waals surface area contributed by atoms with E-state index in [2.05, 4.69) is 14.9 Å². The first-order valence-electron chi connectivity index (χ1n) is 8.11. The van der Waals surface area contributed by atoms with E-state index >= 15 is 0 Å². The Labute approximate surface area is 161 Å². The van der Waals surface area contributed by atoms with Crippen LogP contribution in [0.4, 0.5) is 0 Å². The maximum Gasteiger partial charge on any atom is 0.338 e. The van der Waals surface area contributed by atoms with Crippen LogP contribution in [0.25, 0.3) is 11.4 Å². The van der Waals surface area contributed by atoms with E-state index in [1.807, 2.05) is 30.3 Å². The number of rotatable bonds is 7. The van der Waals surface area contributed by atoms with E-state index in [-0.39, 0.29) is 28.7 Å². The van der Waals surface area contributed by atoms with Crippen LogP contribution in [0.3, 0.4) is 0 Å². The molecule has 3 aromatic rings. The highest BCUT2D eigenvalue weighted by molar-refractivity contribution is 7.89. The largest absolute Gasteiger partial charge is 0.495 e. The Morgan fingerprint density at radius 1 is 1.18 bits per heavy atom. The van der Waals surface area contributed by atoms with Crippen LogP contribution in [-0.2, 0) is 21.4 Å². The number of aromatic nitrogens is 2. The highest BCUT2D eigenvalue weighted by Crippen LogP contribution is 2.25. The van der Waals surface area contributed by atoms with Crippen LogP contribution < -0.4 is 9.46 Å². The average molecular weight is 403 g/mol. The lowest BCUT2D eigenvalue weighted by Gasteiger charge is -2.10. The lowest BCUT2D eigenvalue weighted by Crippen LogP contribution is -2.20. The fraction of sp³-hybridized carbons (Fsp3) is 0.167. The number of nitrogens with one attached hydrogen (secondary N) is 1. The minimum Gasteiger partial charge on any atom is -0.495 e. The van der Waals surface area contributed by atoms with Crippen LogP contribution in [-0.4, -0.2) is 38.7 Å². The van der Waals surface area contributed by atoms with E-state index in [1.54, 1.807) is 0 Å². The molecule has 0 radical (unpaired) electrons. The van der Waals surface area contributed by atoms with E-state index in [9.17, 15) is 13.2 Å². The number of sulfonamides is 1. The predicted molar refractivity (Wildman–Crippen MR) is 98.1 cm³/mol. The molecule has 0 atom stereocenters. The lowest BCUT2D eigenvalue weighted by atomic mass is 10.2. The van der Waals surface area contributed by atoms with Gasteiger partial charge >= 0.3 is 5.97 Å². The van der Waals surface area contributed by atoms with Crippen molar-refractivity contribution in [2.24, 2.45) is 0 Å². The summed E-state index contributed by atoms with van der Waals surface area (Å²) in [5.74, 6) is -0.146. The second-order valence-corrected chi connectivity index (χ2v) is 7.38.